The first-order chi connectivity index (χ1) is 15.7. The van der Waals surface area contributed by atoms with Crippen LogP contribution in [-0.2, 0) is 9.59 Å². The Labute approximate surface area is 197 Å². The normalized spacial score (nSPS) is 16.1. The molecule has 7 heteroatoms. The van der Waals surface area contributed by atoms with Crippen molar-refractivity contribution in [1.29, 1.82) is 0 Å². The van der Waals surface area contributed by atoms with Gasteiger partial charge >= 0.3 is 0 Å². The summed E-state index contributed by atoms with van der Waals surface area (Å²) in [5.74, 6) is 0.809. The Morgan fingerprint density at radius 3 is 1.88 bits per heavy atom. The molecule has 33 heavy (non-hydrogen) atoms. The maximum Gasteiger partial charge on any atom is 0.234 e. The molecule has 3 rings (SSSR count). The number of methoxy groups -OCH3 is 1. The molecule has 0 spiro atoms. The number of nitrogens with one attached hydrogen (secondary N) is 2. The predicted octanol–water partition coefficient (Wildman–Crippen LogP) is 2.43. The average molecular weight is 453 g/mol. The highest BCUT2D eigenvalue weighted by atomic mass is 16.5. The fourth-order valence-corrected chi connectivity index (χ4v) is 3.98. The summed E-state index contributed by atoms with van der Waals surface area (Å²) in [6.07, 6.45) is 0. The van der Waals surface area contributed by atoms with Crippen molar-refractivity contribution in [3.8, 4) is 5.75 Å². The lowest BCUT2D eigenvalue weighted by Crippen LogP contribution is -2.53. The average Bonchev–Trinajstić information content (AvgIpc) is 2.78. The van der Waals surface area contributed by atoms with Gasteiger partial charge in [0.05, 0.1) is 26.2 Å². The number of ether oxygens (including phenoxy) is 1. The molecule has 0 bridgehead atoms. The second-order valence-corrected chi connectivity index (χ2v) is 9.53. The van der Waals surface area contributed by atoms with E-state index in [9.17, 15) is 9.59 Å². The number of rotatable bonds is 8. The van der Waals surface area contributed by atoms with Crippen LogP contribution < -0.4 is 15.4 Å². The molecular formula is C26H36N4O3. The SMILES string of the molecule is COc1ccc(C(NC(=O)CN2CCN(CC(=O)NC(C)(C)C)CC2)c2ccccc2)cc1. The zero-order chi connectivity index (χ0) is 23.8. The lowest BCUT2D eigenvalue weighted by atomic mass is 9.98. The van der Waals surface area contributed by atoms with Crippen molar-refractivity contribution in [3.05, 3.63) is 65.7 Å². The monoisotopic (exact) mass is 452 g/mol. The highest BCUT2D eigenvalue weighted by Gasteiger charge is 2.24. The Kier molecular flexibility index (Phi) is 8.47. The van der Waals surface area contributed by atoms with Crippen LogP contribution in [0.3, 0.4) is 0 Å². The first-order valence-electron chi connectivity index (χ1n) is 11.5. The fourth-order valence-electron chi connectivity index (χ4n) is 3.98. The standard InChI is InChI=1S/C26H36N4O3/c1-26(2,3)28-24(32)19-30-16-14-29(15-17-30)18-23(31)27-25(20-8-6-5-7-9-20)21-10-12-22(33-4)13-11-21/h5-13,25H,14-19H2,1-4H3,(H,27,31)(H,28,32). The highest BCUT2D eigenvalue weighted by molar-refractivity contribution is 5.79. The number of amides is 2. The quantitative estimate of drug-likeness (QED) is 0.644. The summed E-state index contributed by atoms with van der Waals surface area (Å²) >= 11 is 0. The van der Waals surface area contributed by atoms with E-state index in [1.807, 2.05) is 75.4 Å². The summed E-state index contributed by atoms with van der Waals surface area (Å²) in [5.41, 5.74) is 1.81. The third-order valence-corrected chi connectivity index (χ3v) is 5.60. The van der Waals surface area contributed by atoms with Crippen LogP contribution >= 0.6 is 0 Å². The molecule has 1 atom stereocenters. The van der Waals surface area contributed by atoms with Gasteiger partial charge in [-0.3, -0.25) is 19.4 Å². The molecule has 0 saturated carbocycles. The van der Waals surface area contributed by atoms with Crippen molar-refractivity contribution in [2.24, 2.45) is 0 Å². The zero-order valence-electron chi connectivity index (χ0n) is 20.1. The molecule has 0 radical (unpaired) electrons. The van der Waals surface area contributed by atoms with Crippen LogP contribution in [0.25, 0.3) is 0 Å². The van der Waals surface area contributed by atoms with E-state index in [1.165, 1.54) is 0 Å². The molecule has 7 nitrogen and oxygen atoms in total. The molecule has 1 heterocycles. The molecule has 2 aromatic carbocycles. The summed E-state index contributed by atoms with van der Waals surface area (Å²) in [7, 11) is 1.64. The van der Waals surface area contributed by atoms with Crippen molar-refractivity contribution < 1.29 is 14.3 Å². The second kappa shape index (κ2) is 11.3. The van der Waals surface area contributed by atoms with E-state index in [0.29, 0.717) is 13.1 Å². The number of carbonyl (C=O) groups excluding carboxylic acids is 2. The topological polar surface area (TPSA) is 73.9 Å². The highest BCUT2D eigenvalue weighted by Crippen LogP contribution is 2.24. The van der Waals surface area contributed by atoms with Gasteiger partial charge in [-0.25, -0.2) is 0 Å². The van der Waals surface area contributed by atoms with Crippen LogP contribution in [0, 0.1) is 0 Å². The van der Waals surface area contributed by atoms with E-state index in [1.54, 1.807) is 7.11 Å². The van der Waals surface area contributed by atoms with Crippen LogP contribution in [-0.4, -0.2) is 73.5 Å². The fraction of sp³-hybridized carbons (Fsp3) is 0.462. The Balaban J connectivity index is 1.55. The van der Waals surface area contributed by atoms with E-state index < -0.39 is 0 Å². The molecule has 1 aliphatic heterocycles. The van der Waals surface area contributed by atoms with Gasteiger partial charge in [0.1, 0.15) is 5.75 Å². The number of carbonyl (C=O) groups is 2. The van der Waals surface area contributed by atoms with Crippen LogP contribution in [0.15, 0.2) is 54.6 Å². The molecule has 2 N–H and O–H groups in total. The minimum Gasteiger partial charge on any atom is -0.497 e. The first-order valence-corrected chi connectivity index (χ1v) is 11.5. The van der Waals surface area contributed by atoms with E-state index in [2.05, 4.69) is 20.4 Å². The number of piperazine rings is 1. The molecule has 2 amide bonds. The van der Waals surface area contributed by atoms with Gasteiger partial charge in [-0.1, -0.05) is 42.5 Å². The summed E-state index contributed by atoms with van der Waals surface area (Å²) in [5, 5.41) is 6.21. The maximum atomic E-state index is 13.0. The van der Waals surface area contributed by atoms with Gasteiger partial charge in [0.15, 0.2) is 0 Å². The molecule has 0 aromatic heterocycles. The van der Waals surface area contributed by atoms with E-state index >= 15 is 0 Å². The van der Waals surface area contributed by atoms with Crippen molar-refractivity contribution >= 4 is 11.8 Å². The van der Waals surface area contributed by atoms with Crippen LogP contribution in [0.1, 0.15) is 37.9 Å². The van der Waals surface area contributed by atoms with E-state index in [0.717, 1.165) is 43.1 Å². The van der Waals surface area contributed by atoms with Crippen LogP contribution in [0.2, 0.25) is 0 Å². The van der Waals surface area contributed by atoms with Crippen molar-refractivity contribution in [1.82, 2.24) is 20.4 Å². The lowest BCUT2D eigenvalue weighted by molar-refractivity contribution is -0.126. The van der Waals surface area contributed by atoms with Gasteiger partial charge < -0.3 is 15.4 Å². The molecule has 178 valence electrons. The Bertz CT molecular complexity index is 901. The van der Waals surface area contributed by atoms with Crippen LogP contribution in [0.5, 0.6) is 5.75 Å². The molecule has 0 aliphatic carbocycles. The largest absolute Gasteiger partial charge is 0.497 e. The van der Waals surface area contributed by atoms with Crippen molar-refractivity contribution in [2.45, 2.75) is 32.4 Å². The molecule has 1 aliphatic rings. The lowest BCUT2D eigenvalue weighted by Gasteiger charge is -2.34. The van der Waals surface area contributed by atoms with Crippen molar-refractivity contribution in [3.63, 3.8) is 0 Å². The Morgan fingerprint density at radius 2 is 1.36 bits per heavy atom. The minimum absolute atomic E-state index is 0.0152. The van der Waals surface area contributed by atoms with E-state index in [-0.39, 0.29) is 23.4 Å². The molecule has 2 aromatic rings. The Morgan fingerprint density at radius 1 is 0.848 bits per heavy atom. The van der Waals surface area contributed by atoms with Gasteiger partial charge in [-0.05, 0) is 44.0 Å². The Hall–Kier alpha value is -2.90. The number of hydrogen-bond donors (Lipinski definition) is 2. The number of hydrogen-bond acceptors (Lipinski definition) is 5. The molecule has 1 unspecified atom stereocenters. The predicted molar refractivity (Wildman–Crippen MR) is 130 cm³/mol. The van der Waals surface area contributed by atoms with Gasteiger partial charge in [-0.15, -0.1) is 0 Å². The minimum atomic E-state index is -0.230. The smallest absolute Gasteiger partial charge is 0.234 e. The molecule has 1 saturated heterocycles. The number of nitrogens with zero attached hydrogens (tertiary/aromatic N) is 2. The van der Waals surface area contributed by atoms with Crippen molar-refractivity contribution in [2.75, 3.05) is 46.4 Å². The summed E-state index contributed by atoms with van der Waals surface area (Å²) in [6.45, 7) is 9.73. The third kappa shape index (κ3) is 7.87. The third-order valence-electron chi connectivity index (χ3n) is 5.60. The van der Waals surface area contributed by atoms with E-state index in [4.69, 9.17) is 4.74 Å². The first kappa shape index (κ1) is 24.7. The molecule has 1 fully saturated rings. The van der Waals surface area contributed by atoms with Crippen LogP contribution in [0.4, 0.5) is 0 Å². The summed E-state index contributed by atoms with van der Waals surface area (Å²) < 4.78 is 5.27. The summed E-state index contributed by atoms with van der Waals surface area (Å²) in [6, 6.07) is 17.5. The maximum absolute atomic E-state index is 13.0. The second-order valence-electron chi connectivity index (χ2n) is 9.53. The number of benzene rings is 2. The van der Waals surface area contributed by atoms with Gasteiger partial charge in [0, 0.05) is 31.7 Å². The zero-order valence-corrected chi connectivity index (χ0v) is 20.1. The molecular weight excluding hydrogens is 416 g/mol. The summed E-state index contributed by atoms with van der Waals surface area (Å²) in [4.78, 5) is 29.4. The van der Waals surface area contributed by atoms with Gasteiger partial charge in [-0.2, -0.15) is 0 Å². The van der Waals surface area contributed by atoms with Gasteiger partial charge in [0.2, 0.25) is 11.8 Å². The van der Waals surface area contributed by atoms with Gasteiger partial charge in [0.25, 0.3) is 0 Å².